The highest BCUT2D eigenvalue weighted by atomic mass is 19.2. The van der Waals surface area contributed by atoms with Gasteiger partial charge in [0.2, 0.25) is 0 Å². The Kier molecular flexibility index (Phi) is 4.59. The molecule has 0 bridgehead atoms. The van der Waals surface area contributed by atoms with E-state index < -0.39 is 23.5 Å². The van der Waals surface area contributed by atoms with Crippen LogP contribution in [0.2, 0.25) is 0 Å². The molecule has 0 aliphatic carbocycles. The molecule has 1 N–H and O–H groups in total. The van der Waals surface area contributed by atoms with Gasteiger partial charge in [0.25, 0.3) is 0 Å². The molecule has 2 nitrogen and oxygen atoms in total. The number of aryl methyl sites for hydroxylation is 2. The number of aliphatic carboxylic acids is 1. The van der Waals surface area contributed by atoms with Gasteiger partial charge in [-0.3, -0.25) is 4.79 Å². The molecule has 0 heterocycles. The summed E-state index contributed by atoms with van der Waals surface area (Å²) in [6.45, 7) is 5.40. The Bertz CT molecular complexity index is 703. The molecule has 2 aromatic carbocycles. The lowest BCUT2D eigenvalue weighted by Crippen LogP contribution is -2.07. The van der Waals surface area contributed by atoms with Gasteiger partial charge in [0, 0.05) is 0 Å². The van der Waals surface area contributed by atoms with Gasteiger partial charge in [0.1, 0.15) is 0 Å². The van der Waals surface area contributed by atoms with Crippen molar-refractivity contribution >= 4 is 5.97 Å². The summed E-state index contributed by atoms with van der Waals surface area (Å²) in [7, 11) is 0. The summed E-state index contributed by atoms with van der Waals surface area (Å²) in [4.78, 5) is 10.8. The number of rotatable bonds is 4. The van der Waals surface area contributed by atoms with Crippen molar-refractivity contribution in [2.45, 2.75) is 33.1 Å². The van der Waals surface area contributed by atoms with Crippen molar-refractivity contribution in [1.29, 1.82) is 0 Å². The molecule has 116 valence electrons. The van der Waals surface area contributed by atoms with Crippen LogP contribution in [0.4, 0.5) is 8.78 Å². The standard InChI is InChI=1S/C18H18F2O2/c1-10-5-4-6-11(2)17(10)13-8-14(12(3)7-16(21)22)18(20)15(19)9-13/h4-6,8-9,12H,7H2,1-3H3,(H,21,22). The Hall–Kier alpha value is -2.23. The van der Waals surface area contributed by atoms with E-state index >= 15 is 0 Å². The minimum Gasteiger partial charge on any atom is -0.481 e. The van der Waals surface area contributed by atoms with Crippen LogP contribution in [0.5, 0.6) is 0 Å². The smallest absolute Gasteiger partial charge is 0.303 e. The van der Waals surface area contributed by atoms with Crippen molar-refractivity contribution in [2.75, 3.05) is 0 Å². The zero-order valence-corrected chi connectivity index (χ0v) is 12.8. The van der Waals surface area contributed by atoms with Gasteiger partial charge in [0.15, 0.2) is 11.6 Å². The highest BCUT2D eigenvalue weighted by Crippen LogP contribution is 2.33. The number of benzene rings is 2. The second kappa shape index (κ2) is 6.26. The highest BCUT2D eigenvalue weighted by Gasteiger charge is 2.20. The third-order valence-electron chi connectivity index (χ3n) is 3.84. The first-order chi connectivity index (χ1) is 10.3. The summed E-state index contributed by atoms with van der Waals surface area (Å²) >= 11 is 0. The molecule has 0 aromatic heterocycles. The van der Waals surface area contributed by atoms with E-state index in [1.165, 1.54) is 6.07 Å². The first-order valence-corrected chi connectivity index (χ1v) is 7.08. The van der Waals surface area contributed by atoms with Crippen molar-refractivity contribution in [3.63, 3.8) is 0 Å². The number of hydrogen-bond donors (Lipinski definition) is 1. The summed E-state index contributed by atoms with van der Waals surface area (Å²) in [5.74, 6) is -3.56. The van der Waals surface area contributed by atoms with Gasteiger partial charge in [-0.1, -0.05) is 25.1 Å². The summed E-state index contributed by atoms with van der Waals surface area (Å²) < 4.78 is 28.0. The van der Waals surface area contributed by atoms with Gasteiger partial charge in [0.05, 0.1) is 6.42 Å². The first-order valence-electron chi connectivity index (χ1n) is 7.08. The summed E-state index contributed by atoms with van der Waals surface area (Å²) in [5, 5.41) is 8.86. The Morgan fingerprint density at radius 2 is 1.77 bits per heavy atom. The monoisotopic (exact) mass is 304 g/mol. The zero-order valence-electron chi connectivity index (χ0n) is 12.8. The molecular formula is C18H18F2O2. The number of hydrogen-bond acceptors (Lipinski definition) is 1. The molecular weight excluding hydrogens is 286 g/mol. The molecule has 0 radical (unpaired) electrons. The number of carboxylic acid groups (broad SMARTS) is 1. The van der Waals surface area contributed by atoms with E-state index in [0.717, 1.165) is 16.7 Å². The van der Waals surface area contributed by atoms with E-state index in [9.17, 15) is 13.6 Å². The van der Waals surface area contributed by atoms with Gasteiger partial charge in [-0.05, 0) is 59.7 Å². The largest absolute Gasteiger partial charge is 0.481 e. The van der Waals surface area contributed by atoms with Crippen molar-refractivity contribution < 1.29 is 18.7 Å². The third-order valence-corrected chi connectivity index (χ3v) is 3.84. The van der Waals surface area contributed by atoms with Crippen LogP contribution >= 0.6 is 0 Å². The van der Waals surface area contributed by atoms with Crippen molar-refractivity contribution in [3.8, 4) is 11.1 Å². The maximum Gasteiger partial charge on any atom is 0.303 e. The van der Waals surface area contributed by atoms with Crippen molar-refractivity contribution in [1.82, 2.24) is 0 Å². The second-order valence-electron chi connectivity index (χ2n) is 5.63. The normalized spacial score (nSPS) is 12.2. The predicted octanol–water partition coefficient (Wildman–Crippen LogP) is 4.83. The highest BCUT2D eigenvalue weighted by molar-refractivity contribution is 5.72. The van der Waals surface area contributed by atoms with E-state index in [4.69, 9.17) is 5.11 Å². The number of carbonyl (C=O) groups is 1. The predicted molar refractivity (Wildman–Crippen MR) is 81.9 cm³/mol. The van der Waals surface area contributed by atoms with Crippen LogP contribution in [0.1, 0.15) is 36.0 Å². The molecule has 0 spiro atoms. The summed E-state index contributed by atoms with van der Waals surface area (Å²) in [6.07, 6.45) is -0.243. The van der Waals surface area contributed by atoms with Gasteiger partial charge < -0.3 is 5.11 Å². The van der Waals surface area contributed by atoms with Crippen LogP contribution in [-0.4, -0.2) is 11.1 Å². The van der Waals surface area contributed by atoms with Gasteiger partial charge in [-0.2, -0.15) is 0 Å². The zero-order chi connectivity index (χ0) is 16.4. The minimum absolute atomic E-state index is 0.0973. The fourth-order valence-corrected chi connectivity index (χ4v) is 2.75. The lowest BCUT2D eigenvalue weighted by molar-refractivity contribution is -0.137. The molecule has 22 heavy (non-hydrogen) atoms. The molecule has 2 aromatic rings. The molecule has 1 unspecified atom stereocenters. The Labute approximate surface area is 128 Å². The number of carboxylic acids is 1. The Morgan fingerprint density at radius 3 is 2.32 bits per heavy atom. The molecule has 0 aliphatic heterocycles. The molecule has 4 heteroatoms. The maximum atomic E-state index is 14.0. The molecule has 0 aliphatic rings. The number of halogens is 2. The lowest BCUT2D eigenvalue weighted by Gasteiger charge is -2.16. The quantitative estimate of drug-likeness (QED) is 0.878. The van der Waals surface area contributed by atoms with Crippen molar-refractivity contribution in [2.24, 2.45) is 0 Å². The van der Waals surface area contributed by atoms with Gasteiger partial charge in [-0.25, -0.2) is 8.78 Å². The molecule has 1 atom stereocenters. The average molecular weight is 304 g/mol. The van der Waals surface area contributed by atoms with E-state index in [1.54, 1.807) is 13.0 Å². The third kappa shape index (κ3) is 3.16. The molecule has 2 rings (SSSR count). The van der Waals surface area contributed by atoms with Crippen molar-refractivity contribution in [3.05, 3.63) is 58.7 Å². The maximum absolute atomic E-state index is 14.0. The summed E-state index contributed by atoms with van der Waals surface area (Å²) in [6, 6.07) is 8.44. The molecule has 0 amide bonds. The first kappa shape index (κ1) is 16.1. The molecule has 0 saturated heterocycles. The fourth-order valence-electron chi connectivity index (χ4n) is 2.75. The average Bonchev–Trinajstić information content (AvgIpc) is 2.41. The minimum atomic E-state index is -1.04. The van der Waals surface area contributed by atoms with E-state index in [0.29, 0.717) is 5.56 Å². The van der Waals surface area contributed by atoms with E-state index in [2.05, 4.69) is 0 Å². The molecule has 0 saturated carbocycles. The van der Waals surface area contributed by atoms with Crippen LogP contribution < -0.4 is 0 Å². The van der Waals surface area contributed by atoms with Gasteiger partial charge in [-0.15, -0.1) is 0 Å². The lowest BCUT2D eigenvalue weighted by atomic mass is 9.90. The van der Waals surface area contributed by atoms with E-state index in [1.807, 2.05) is 32.0 Å². The van der Waals surface area contributed by atoms with Crippen LogP contribution in [0, 0.1) is 25.5 Å². The Morgan fingerprint density at radius 1 is 1.18 bits per heavy atom. The Balaban J connectivity index is 2.60. The summed E-state index contributed by atoms with van der Waals surface area (Å²) in [5.41, 5.74) is 3.44. The van der Waals surface area contributed by atoms with Crippen LogP contribution in [0.3, 0.4) is 0 Å². The fraction of sp³-hybridized carbons (Fsp3) is 0.278. The van der Waals surface area contributed by atoms with Crippen LogP contribution in [0.15, 0.2) is 30.3 Å². The van der Waals surface area contributed by atoms with E-state index in [-0.39, 0.29) is 12.0 Å². The second-order valence-corrected chi connectivity index (χ2v) is 5.63. The van der Waals surface area contributed by atoms with Crippen LogP contribution in [0.25, 0.3) is 11.1 Å². The molecule has 0 fully saturated rings. The van der Waals surface area contributed by atoms with Gasteiger partial charge >= 0.3 is 5.97 Å². The van der Waals surface area contributed by atoms with Crippen LogP contribution in [-0.2, 0) is 4.79 Å². The topological polar surface area (TPSA) is 37.3 Å². The SMILES string of the molecule is Cc1cccc(C)c1-c1cc(F)c(F)c(C(C)CC(=O)O)c1.